The van der Waals surface area contributed by atoms with Gasteiger partial charge in [0, 0.05) is 18.7 Å². The van der Waals surface area contributed by atoms with Gasteiger partial charge < -0.3 is 10.0 Å². The number of halogens is 1. The van der Waals surface area contributed by atoms with E-state index in [0.717, 1.165) is 0 Å². The van der Waals surface area contributed by atoms with Crippen molar-refractivity contribution in [2.24, 2.45) is 0 Å². The highest BCUT2D eigenvalue weighted by molar-refractivity contribution is 5.98. The Morgan fingerprint density at radius 3 is 2.79 bits per heavy atom. The second-order valence-corrected chi connectivity index (χ2v) is 5.47. The van der Waals surface area contributed by atoms with Crippen molar-refractivity contribution in [1.29, 1.82) is 0 Å². The first-order valence-electron chi connectivity index (χ1n) is 6.39. The largest absolute Gasteiger partial charge is 0.396 e. The lowest BCUT2D eigenvalue weighted by Crippen LogP contribution is -2.65. The molecule has 19 heavy (non-hydrogen) atoms. The van der Waals surface area contributed by atoms with Gasteiger partial charge in [0.05, 0.1) is 11.7 Å². The van der Waals surface area contributed by atoms with Crippen LogP contribution in [0.3, 0.4) is 0 Å². The molecule has 2 rings (SSSR count). The third-order valence-electron chi connectivity index (χ3n) is 3.24. The fraction of sp³-hybridized carbons (Fsp3) is 0.500. The van der Waals surface area contributed by atoms with Crippen LogP contribution in [0, 0.1) is 5.82 Å². The average Bonchev–Trinajstić information content (AvgIpc) is 2.34. The maximum atomic E-state index is 13.8. The van der Waals surface area contributed by atoms with Crippen LogP contribution >= 0.6 is 0 Å². The molecule has 1 amide bonds. The van der Waals surface area contributed by atoms with Crippen molar-refractivity contribution in [3.63, 3.8) is 0 Å². The minimum absolute atomic E-state index is 0.0788. The highest BCUT2D eigenvalue weighted by atomic mass is 19.1. The van der Waals surface area contributed by atoms with Crippen LogP contribution in [-0.2, 0) is 4.79 Å². The number of nitrogens with one attached hydrogen (secondary N) is 1. The molecule has 0 aliphatic carbocycles. The summed E-state index contributed by atoms with van der Waals surface area (Å²) in [5.74, 6) is -0.602. The van der Waals surface area contributed by atoms with Gasteiger partial charge in [-0.15, -0.1) is 0 Å². The molecule has 1 fully saturated rings. The number of benzene rings is 1. The number of piperazine rings is 1. The van der Waals surface area contributed by atoms with Crippen molar-refractivity contribution in [3.05, 3.63) is 30.1 Å². The predicted molar refractivity (Wildman–Crippen MR) is 71.5 cm³/mol. The molecule has 0 bridgehead atoms. The van der Waals surface area contributed by atoms with Crippen LogP contribution in [0.5, 0.6) is 0 Å². The van der Waals surface area contributed by atoms with E-state index in [2.05, 4.69) is 5.32 Å². The van der Waals surface area contributed by atoms with Gasteiger partial charge in [-0.3, -0.25) is 10.1 Å². The standard InChI is InChI=1S/C14H19FN2O2/c1-14(2)9-17(12-6-4-3-5-10(12)15)13(19)11(16-14)7-8-18/h3-6,11,16,18H,7-9H2,1-2H3. The summed E-state index contributed by atoms with van der Waals surface area (Å²) in [6.07, 6.45) is 0.327. The maximum Gasteiger partial charge on any atom is 0.244 e. The van der Waals surface area contributed by atoms with Crippen molar-refractivity contribution in [1.82, 2.24) is 5.32 Å². The van der Waals surface area contributed by atoms with Crippen molar-refractivity contribution in [2.75, 3.05) is 18.1 Å². The second-order valence-electron chi connectivity index (χ2n) is 5.47. The summed E-state index contributed by atoms with van der Waals surface area (Å²) < 4.78 is 13.8. The van der Waals surface area contributed by atoms with E-state index < -0.39 is 11.9 Å². The van der Waals surface area contributed by atoms with Crippen LogP contribution in [0.1, 0.15) is 20.3 Å². The zero-order valence-electron chi connectivity index (χ0n) is 11.2. The number of rotatable bonds is 3. The molecule has 2 N–H and O–H groups in total. The number of aliphatic hydroxyl groups excluding tert-OH is 1. The summed E-state index contributed by atoms with van der Waals surface area (Å²) in [4.78, 5) is 13.8. The Morgan fingerprint density at radius 1 is 1.47 bits per heavy atom. The highest BCUT2D eigenvalue weighted by Gasteiger charge is 2.38. The van der Waals surface area contributed by atoms with E-state index in [1.807, 2.05) is 13.8 Å². The lowest BCUT2D eigenvalue weighted by Gasteiger charge is -2.43. The first-order chi connectivity index (χ1) is 8.94. The molecule has 0 radical (unpaired) electrons. The summed E-state index contributed by atoms with van der Waals surface area (Å²) in [5.41, 5.74) is -0.0271. The smallest absolute Gasteiger partial charge is 0.244 e. The van der Waals surface area contributed by atoms with Crippen molar-refractivity contribution >= 4 is 11.6 Å². The molecule has 1 atom stereocenters. The third kappa shape index (κ3) is 2.93. The number of anilines is 1. The van der Waals surface area contributed by atoms with E-state index in [1.165, 1.54) is 11.0 Å². The third-order valence-corrected chi connectivity index (χ3v) is 3.24. The molecule has 1 aromatic rings. The van der Waals surface area contributed by atoms with E-state index in [4.69, 9.17) is 5.11 Å². The van der Waals surface area contributed by atoms with E-state index in [1.54, 1.807) is 18.2 Å². The van der Waals surface area contributed by atoms with Crippen LogP contribution in [0.4, 0.5) is 10.1 Å². The van der Waals surface area contributed by atoms with Gasteiger partial charge in [0.1, 0.15) is 5.82 Å². The average molecular weight is 266 g/mol. The van der Waals surface area contributed by atoms with E-state index in [-0.39, 0.29) is 18.1 Å². The van der Waals surface area contributed by atoms with Crippen LogP contribution in [0.25, 0.3) is 0 Å². The first kappa shape index (κ1) is 14.0. The van der Waals surface area contributed by atoms with Gasteiger partial charge in [-0.2, -0.15) is 0 Å². The monoisotopic (exact) mass is 266 g/mol. The van der Waals surface area contributed by atoms with E-state index in [0.29, 0.717) is 18.7 Å². The molecule has 104 valence electrons. The summed E-state index contributed by atoms with van der Waals surface area (Å²) >= 11 is 0. The van der Waals surface area contributed by atoms with Crippen molar-refractivity contribution < 1.29 is 14.3 Å². The van der Waals surface area contributed by atoms with Crippen LogP contribution in [-0.4, -0.2) is 35.7 Å². The number of hydrogen-bond donors (Lipinski definition) is 2. The molecule has 1 saturated heterocycles. The molecule has 0 spiro atoms. The highest BCUT2D eigenvalue weighted by Crippen LogP contribution is 2.25. The fourth-order valence-electron chi connectivity index (χ4n) is 2.44. The van der Waals surface area contributed by atoms with Crippen molar-refractivity contribution in [3.8, 4) is 0 Å². The fourth-order valence-corrected chi connectivity index (χ4v) is 2.44. The quantitative estimate of drug-likeness (QED) is 0.867. The van der Waals surface area contributed by atoms with Crippen molar-refractivity contribution in [2.45, 2.75) is 31.8 Å². The van der Waals surface area contributed by atoms with E-state index >= 15 is 0 Å². The molecule has 1 aromatic carbocycles. The Labute approximate surface area is 112 Å². The zero-order chi connectivity index (χ0) is 14.0. The molecular formula is C14H19FN2O2. The molecular weight excluding hydrogens is 247 g/mol. The lowest BCUT2D eigenvalue weighted by atomic mass is 9.96. The number of para-hydroxylation sites is 1. The summed E-state index contributed by atoms with van der Waals surface area (Å²) in [5, 5.41) is 12.2. The molecule has 0 aromatic heterocycles. The summed E-state index contributed by atoms with van der Waals surface area (Å²) in [7, 11) is 0. The Morgan fingerprint density at radius 2 is 2.16 bits per heavy atom. The number of hydrogen-bond acceptors (Lipinski definition) is 3. The normalized spacial score (nSPS) is 22.6. The Hall–Kier alpha value is -1.46. The summed E-state index contributed by atoms with van der Waals surface area (Å²) in [6.45, 7) is 4.23. The molecule has 1 aliphatic rings. The number of aliphatic hydroxyl groups is 1. The Balaban J connectivity index is 2.33. The zero-order valence-corrected chi connectivity index (χ0v) is 11.2. The minimum Gasteiger partial charge on any atom is -0.396 e. The topological polar surface area (TPSA) is 52.6 Å². The van der Waals surface area contributed by atoms with Gasteiger partial charge in [0.2, 0.25) is 5.91 Å². The SMILES string of the molecule is CC1(C)CN(c2ccccc2F)C(=O)C(CCO)N1. The van der Waals surface area contributed by atoms with Gasteiger partial charge in [0.25, 0.3) is 0 Å². The van der Waals surface area contributed by atoms with Gasteiger partial charge in [-0.25, -0.2) is 4.39 Å². The van der Waals surface area contributed by atoms with Crippen LogP contribution < -0.4 is 10.2 Å². The van der Waals surface area contributed by atoms with Crippen LogP contribution in [0.15, 0.2) is 24.3 Å². The molecule has 4 nitrogen and oxygen atoms in total. The first-order valence-corrected chi connectivity index (χ1v) is 6.39. The van der Waals surface area contributed by atoms with Crippen LogP contribution in [0.2, 0.25) is 0 Å². The van der Waals surface area contributed by atoms with Gasteiger partial charge in [-0.05, 0) is 32.4 Å². The Bertz CT molecular complexity index is 476. The molecule has 1 aliphatic heterocycles. The second kappa shape index (κ2) is 5.27. The van der Waals surface area contributed by atoms with Gasteiger partial charge >= 0.3 is 0 Å². The molecule has 1 heterocycles. The predicted octanol–water partition coefficient (Wildman–Crippen LogP) is 1.29. The van der Waals surface area contributed by atoms with Gasteiger partial charge in [0.15, 0.2) is 0 Å². The van der Waals surface area contributed by atoms with E-state index in [9.17, 15) is 9.18 Å². The van der Waals surface area contributed by atoms with Gasteiger partial charge in [-0.1, -0.05) is 12.1 Å². The number of carbonyl (C=O) groups is 1. The number of amides is 1. The minimum atomic E-state index is -0.478. The Kier molecular flexibility index (Phi) is 3.87. The lowest BCUT2D eigenvalue weighted by molar-refractivity contribution is -0.123. The molecule has 5 heteroatoms. The number of nitrogens with zero attached hydrogens (tertiary/aromatic N) is 1. The summed E-state index contributed by atoms with van der Waals surface area (Å²) in [6, 6.07) is 5.78. The maximum absolute atomic E-state index is 13.8. The number of carbonyl (C=O) groups excluding carboxylic acids is 1. The molecule has 0 saturated carbocycles. The molecule has 1 unspecified atom stereocenters.